The van der Waals surface area contributed by atoms with Crippen molar-refractivity contribution in [1.29, 1.82) is 0 Å². The molecule has 0 aliphatic carbocycles. The fraction of sp³-hybridized carbons (Fsp3) is 0.185. The summed E-state index contributed by atoms with van der Waals surface area (Å²) in [5, 5.41) is 2.94. The van der Waals surface area contributed by atoms with Crippen LogP contribution in [0.3, 0.4) is 0 Å². The third-order valence-corrected chi connectivity index (χ3v) is 6.07. The van der Waals surface area contributed by atoms with E-state index in [0.29, 0.717) is 16.7 Å². The van der Waals surface area contributed by atoms with Crippen molar-refractivity contribution in [2.75, 3.05) is 5.32 Å². The number of allylic oxidation sites excluding steroid dienone is 6. The molecule has 0 bridgehead atoms. The van der Waals surface area contributed by atoms with Crippen LogP contribution >= 0.6 is 11.3 Å². The topological polar surface area (TPSA) is 63.6 Å². The average Bonchev–Trinajstić information content (AvgIpc) is 3.31. The largest absolute Gasteiger partial charge is 0.363 e. The number of halogens is 2. The quantitative estimate of drug-likeness (QED) is 0.262. The Morgan fingerprint density at radius 2 is 1.97 bits per heavy atom. The monoisotopic (exact) mass is 489 g/mol. The summed E-state index contributed by atoms with van der Waals surface area (Å²) in [4.78, 5) is 16.7. The molecule has 0 spiro atoms. The van der Waals surface area contributed by atoms with E-state index < -0.39 is 11.6 Å². The van der Waals surface area contributed by atoms with E-state index in [1.54, 1.807) is 17.8 Å². The van der Waals surface area contributed by atoms with Crippen LogP contribution in [0.4, 0.5) is 14.6 Å². The van der Waals surface area contributed by atoms with Crippen LogP contribution in [-0.4, -0.2) is 19.9 Å². The van der Waals surface area contributed by atoms with E-state index in [1.807, 2.05) is 44.2 Å². The highest BCUT2D eigenvalue weighted by atomic mass is 32.1. The Hall–Kier alpha value is -3.78. The second-order valence-corrected chi connectivity index (χ2v) is 8.79. The van der Waals surface area contributed by atoms with E-state index >= 15 is 4.39 Å². The van der Waals surface area contributed by atoms with Gasteiger partial charge in [0.15, 0.2) is 11.6 Å². The zero-order valence-electron chi connectivity index (χ0n) is 19.7. The lowest BCUT2D eigenvalue weighted by molar-refractivity contribution is 0.613. The van der Waals surface area contributed by atoms with Crippen LogP contribution in [0.2, 0.25) is 0 Å². The second kappa shape index (κ2) is 11.1. The van der Waals surface area contributed by atoms with Gasteiger partial charge in [-0.3, -0.25) is 4.98 Å². The van der Waals surface area contributed by atoms with Gasteiger partial charge in [0, 0.05) is 23.9 Å². The van der Waals surface area contributed by atoms with Gasteiger partial charge in [0.05, 0.1) is 15.7 Å². The van der Waals surface area contributed by atoms with Crippen molar-refractivity contribution in [2.24, 2.45) is 0 Å². The molecule has 3 heterocycles. The van der Waals surface area contributed by atoms with Crippen LogP contribution in [0.25, 0.3) is 27.0 Å². The molecule has 0 fully saturated rings. The highest BCUT2D eigenvalue weighted by Gasteiger charge is 2.15. The van der Waals surface area contributed by atoms with Crippen LogP contribution in [0, 0.1) is 11.6 Å². The van der Waals surface area contributed by atoms with Crippen molar-refractivity contribution >= 4 is 32.9 Å². The minimum absolute atomic E-state index is 0.0405. The minimum atomic E-state index is -0.571. The first kappa shape index (κ1) is 24.3. The Balaban J connectivity index is 1.54. The summed E-state index contributed by atoms with van der Waals surface area (Å²) < 4.78 is 31.1. The number of fused-ring (bicyclic) bond motifs is 1. The van der Waals surface area contributed by atoms with Gasteiger partial charge in [-0.25, -0.2) is 23.7 Å². The Morgan fingerprint density at radius 3 is 2.74 bits per heavy atom. The van der Waals surface area contributed by atoms with E-state index in [2.05, 4.69) is 38.3 Å². The maximum Gasteiger partial charge on any atom is 0.191 e. The standard InChI is InChI=1S/C27H25F2N5S/c1-4-6-17(3)10-19(7-5-2)25-21(28)11-18(13-30-25)14-31-27-24(29)26(32-15-33-27)20-8-9-22-23(12-20)35-16-34-22/h5-13,15-16H,4,14H2,1-3H3,(H,31,32,33)/b7-5-,17-6+,19-10+. The van der Waals surface area contributed by atoms with Crippen molar-refractivity contribution in [1.82, 2.24) is 19.9 Å². The zero-order valence-corrected chi connectivity index (χ0v) is 20.5. The first-order valence-electron chi connectivity index (χ1n) is 11.2. The zero-order chi connectivity index (χ0) is 24.8. The number of hydrogen-bond acceptors (Lipinski definition) is 6. The summed E-state index contributed by atoms with van der Waals surface area (Å²) >= 11 is 1.48. The molecule has 4 aromatic rings. The Labute approximate surface area is 207 Å². The number of rotatable bonds is 8. The fourth-order valence-corrected chi connectivity index (χ4v) is 4.39. The molecule has 0 atom stereocenters. The van der Waals surface area contributed by atoms with Crippen molar-refractivity contribution in [3.63, 3.8) is 0 Å². The van der Waals surface area contributed by atoms with Crippen LogP contribution in [0.15, 0.2) is 72.2 Å². The summed E-state index contributed by atoms with van der Waals surface area (Å²) in [7, 11) is 0. The molecule has 0 saturated carbocycles. The van der Waals surface area contributed by atoms with Gasteiger partial charge in [0.25, 0.3) is 0 Å². The summed E-state index contributed by atoms with van der Waals surface area (Å²) in [6, 6.07) is 6.88. The molecule has 178 valence electrons. The predicted octanol–water partition coefficient (Wildman–Crippen LogP) is 7.35. The normalized spacial score (nSPS) is 12.6. The molecule has 4 rings (SSSR count). The highest BCUT2D eigenvalue weighted by molar-refractivity contribution is 7.16. The molecule has 0 aliphatic heterocycles. The van der Waals surface area contributed by atoms with E-state index in [0.717, 1.165) is 22.2 Å². The summed E-state index contributed by atoms with van der Waals surface area (Å²) in [5.41, 5.74) is 5.99. The molecule has 35 heavy (non-hydrogen) atoms. The Bertz CT molecular complexity index is 1440. The Kier molecular flexibility index (Phi) is 7.72. The molecule has 1 aromatic carbocycles. The lowest BCUT2D eigenvalue weighted by atomic mass is 10.1. The lowest BCUT2D eigenvalue weighted by Gasteiger charge is -2.11. The molecule has 3 aromatic heterocycles. The number of anilines is 1. The molecule has 0 unspecified atom stereocenters. The molecular weight excluding hydrogens is 464 g/mol. The SMILES string of the molecule is C\C=C/C(=C\C(C)=C\CC)c1ncc(CNc2ncnc(-c3ccc4ncsc4c3)c2F)cc1F. The maximum absolute atomic E-state index is 15.2. The van der Waals surface area contributed by atoms with Gasteiger partial charge in [0.1, 0.15) is 23.5 Å². The van der Waals surface area contributed by atoms with Crippen LogP contribution < -0.4 is 5.32 Å². The van der Waals surface area contributed by atoms with Gasteiger partial charge in [-0.05, 0) is 44.0 Å². The first-order valence-corrected chi connectivity index (χ1v) is 12.1. The van der Waals surface area contributed by atoms with Crippen molar-refractivity contribution in [3.05, 3.63) is 95.1 Å². The molecule has 0 saturated heterocycles. The van der Waals surface area contributed by atoms with Gasteiger partial charge < -0.3 is 5.32 Å². The van der Waals surface area contributed by atoms with Gasteiger partial charge in [0.2, 0.25) is 0 Å². The van der Waals surface area contributed by atoms with Crippen LogP contribution in [0.1, 0.15) is 38.4 Å². The summed E-state index contributed by atoms with van der Waals surface area (Å²) in [6.45, 7) is 6.06. The number of benzene rings is 1. The molecule has 0 aliphatic rings. The number of thiazole rings is 1. The van der Waals surface area contributed by atoms with Gasteiger partial charge >= 0.3 is 0 Å². The molecule has 0 amide bonds. The third-order valence-electron chi connectivity index (χ3n) is 5.28. The Morgan fingerprint density at radius 1 is 1.11 bits per heavy atom. The number of pyridine rings is 1. The molecule has 1 N–H and O–H groups in total. The molecule has 8 heteroatoms. The van der Waals surface area contributed by atoms with Gasteiger partial charge in [-0.15, -0.1) is 11.3 Å². The number of nitrogens with zero attached hydrogens (tertiary/aromatic N) is 4. The van der Waals surface area contributed by atoms with Gasteiger partial charge in [-0.1, -0.05) is 42.9 Å². The number of hydrogen-bond donors (Lipinski definition) is 1. The van der Waals surface area contributed by atoms with Crippen molar-refractivity contribution in [3.8, 4) is 11.3 Å². The maximum atomic E-state index is 15.2. The van der Waals surface area contributed by atoms with E-state index in [1.165, 1.54) is 23.7 Å². The number of nitrogens with one attached hydrogen (secondary N) is 1. The first-order chi connectivity index (χ1) is 17.0. The second-order valence-electron chi connectivity index (χ2n) is 7.90. The minimum Gasteiger partial charge on any atom is -0.363 e. The van der Waals surface area contributed by atoms with Gasteiger partial charge in [-0.2, -0.15) is 0 Å². The van der Waals surface area contributed by atoms with Crippen molar-refractivity contribution < 1.29 is 8.78 Å². The average molecular weight is 490 g/mol. The van der Waals surface area contributed by atoms with E-state index in [9.17, 15) is 4.39 Å². The van der Waals surface area contributed by atoms with E-state index in [4.69, 9.17) is 0 Å². The third kappa shape index (κ3) is 5.66. The smallest absolute Gasteiger partial charge is 0.191 e. The number of aromatic nitrogens is 4. The van der Waals surface area contributed by atoms with Crippen LogP contribution in [0.5, 0.6) is 0 Å². The molecule has 0 radical (unpaired) electrons. The molecular formula is C27H25F2N5S. The highest BCUT2D eigenvalue weighted by Crippen LogP contribution is 2.29. The predicted molar refractivity (Wildman–Crippen MR) is 139 cm³/mol. The summed E-state index contributed by atoms with van der Waals surface area (Å²) in [5.74, 6) is -0.976. The lowest BCUT2D eigenvalue weighted by Crippen LogP contribution is -2.07. The van der Waals surface area contributed by atoms with Crippen LogP contribution in [-0.2, 0) is 6.54 Å². The fourth-order valence-electron chi connectivity index (χ4n) is 3.67. The molecule has 5 nitrogen and oxygen atoms in total. The van der Waals surface area contributed by atoms with E-state index in [-0.39, 0.29) is 23.8 Å². The van der Waals surface area contributed by atoms with Crippen molar-refractivity contribution in [2.45, 2.75) is 33.7 Å². The summed E-state index contributed by atoms with van der Waals surface area (Å²) in [6.07, 6.45) is 11.4.